The lowest BCUT2D eigenvalue weighted by Gasteiger charge is -2.11. The van der Waals surface area contributed by atoms with E-state index in [1.165, 1.54) is 12.1 Å². The molecule has 0 aromatic heterocycles. The van der Waals surface area contributed by atoms with Crippen molar-refractivity contribution in [1.29, 1.82) is 0 Å². The molecule has 2 aromatic rings. The first-order valence-corrected chi connectivity index (χ1v) is 7.60. The maximum absolute atomic E-state index is 13.9. The van der Waals surface area contributed by atoms with Crippen molar-refractivity contribution in [1.82, 2.24) is 0 Å². The molecule has 3 N–H and O–H groups in total. The van der Waals surface area contributed by atoms with Gasteiger partial charge in [-0.05, 0) is 42.8 Å². The van der Waals surface area contributed by atoms with E-state index in [2.05, 4.69) is 4.72 Å². The summed E-state index contributed by atoms with van der Waals surface area (Å²) in [6, 6.07) is 5.66. The van der Waals surface area contributed by atoms with Gasteiger partial charge < -0.3 is 5.73 Å². The van der Waals surface area contributed by atoms with E-state index in [0.29, 0.717) is 5.56 Å². The fraction of sp³-hybridized carbons (Fsp3) is 0.0769. The maximum Gasteiger partial charge on any atom is 0.264 e. The predicted molar refractivity (Wildman–Crippen MR) is 77.8 cm³/mol. The highest BCUT2D eigenvalue weighted by atomic mass is 35.5. The monoisotopic (exact) mass is 332 g/mol. The van der Waals surface area contributed by atoms with Gasteiger partial charge in [0.15, 0.2) is 5.82 Å². The van der Waals surface area contributed by atoms with Crippen molar-refractivity contribution in [3.8, 4) is 0 Å². The van der Waals surface area contributed by atoms with Gasteiger partial charge in [-0.1, -0.05) is 11.6 Å². The molecule has 0 heterocycles. The summed E-state index contributed by atoms with van der Waals surface area (Å²) in [5.74, 6) is -1.72. The van der Waals surface area contributed by atoms with Gasteiger partial charge >= 0.3 is 0 Å². The summed E-state index contributed by atoms with van der Waals surface area (Å²) in [6.45, 7) is 1.60. The molecule has 0 unspecified atom stereocenters. The lowest BCUT2D eigenvalue weighted by molar-refractivity contribution is 0.573. The van der Waals surface area contributed by atoms with Crippen molar-refractivity contribution in [3.63, 3.8) is 0 Å². The average molecular weight is 333 g/mol. The molecule has 8 heteroatoms. The van der Waals surface area contributed by atoms with E-state index in [0.717, 1.165) is 18.2 Å². The number of anilines is 2. The third-order valence-electron chi connectivity index (χ3n) is 2.62. The number of benzene rings is 2. The molecule has 0 aliphatic rings. The number of sulfonamides is 1. The minimum absolute atomic E-state index is 0.0227. The molecule has 0 saturated carbocycles. The van der Waals surface area contributed by atoms with Crippen LogP contribution in [0.2, 0.25) is 5.02 Å². The molecule has 2 aromatic carbocycles. The normalized spacial score (nSPS) is 11.4. The van der Waals surface area contributed by atoms with E-state index in [1.54, 1.807) is 6.92 Å². The minimum Gasteiger partial charge on any atom is -0.396 e. The number of nitrogen functional groups attached to an aromatic ring is 1. The molecule has 21 heavy (non-hydrogen) atoms. The zero-order valence-corrected chi connectivity index (χ0v) is 12.4. The third-order valence-corrected chi connectivity index (χ3v) is 4.21. The van der Waals surface area contributed by atoms with Crippen LogP contribution < -0.4 is 10.5 Å². The molecule has 112 valence electrons. The van der Waals surface area contributed by atoms with E-state index in [-0.39, 0.29) is 10.7 Å². The molecule has 0 atom stereocenters. The van der Waals surface area contributed by atoms with Crippen molar-refractivity contribution in [3.05, 3.63) is 52.6 Å². The summed E-state index contributed by atoms with van der Waals surface area (Å²) < 4.78 is 53.5. The van der Waals surface area contributed by atoms with Crippen molar-refractivity contribution in [2.75, 3.05) is 10.5 Å². The van der Waals surface area contributed by atoms with Gasteiger partial charge in [-0.2, -0.15) is 0 Å². The lowest BCUT2D eigenvalue weighted by atomic mass is 10.2. The van der Waals surface area contributed by atoms with E-state index in [4.69, 9.17) is 17.3 Å². The minimum atomic E-state index is -4.28. The van der Waals surface area contributed by atoms with Gasteiger partial charge in [-0.15, -0.1) is 0 Å². The molecule has 4 nitrogen and oxygen atoms in total. The summed E-state index contributed by atoms with van der Waals surface area (Å²) in [5.41, 5.74) is 5.45. The second-order valence-electron chi connectivity index (χ2n) is 4.43. The average Bonchev–Trinajstić information content (AvgIpc) is 2.31. The van der Waals surface area contributed by atoms with Crippen LogP contribution >= 0.6 is 11.6 Å². The zero-order chi connectivity index (χ0) is 15.8. The highest BCUT2D eigenvalue weighted by molar-refractivity contribution is 7.92. The number of aryl methyl sites for hydroxylation is 1. The van der Waals surface area contributed by atoms with E-state index >= 15 is 0 Å². The summed E-state index contributed by atoms with van der Waals surface area (Å²) in [6.07, 6.45) is 0. The summed E-state index contributed by atoms with van der Waals surface area (Å²) in [4.78, 5) is -0.700. The van der Waals surface area contributed by atoms with E-state index in [1.807, 2.05) is 0 Å². The van der Waals surface area contributed by atoms with Crippen molar-refractivity contribution >= 4 is 33.0 Å². The molecule has 0 saturated heterocycles. The largest absolute Gasteiger partial charge is 0.396 e. The smallest absolute Gasteiger partial charge is 0.264 e. The summed E-state index contributed by atoms with van der Waals surface area (Å²) in [5, 5.41) is -0.0234. The Morgan fingerprint density at radius 2 is 1.81 bits per heavy atom. The van der Waals surface area contributed by atoms with Crippen LogP contribution in [0, 0.1) is 18.6 Å². The van der Waals surface area contributed by atoms with E-state index < -0.39 is 32.2 Å². The first-order chi connectivity index (χ1) is 9.69. The van der Waals surface area contributed by atoms with Gasteiger partial charge in [0.2, 0.25) is 0 Å². The summed E-state index contributed by atoms with van der Waals surface area (Å²) in [7, 11) is -4.28. The second-order valence-corrected chi connectivity index (χ2v) is 6.52. The topological polar surface area (TPSA) is 72.2 Å². The molecule has 0 radical (unpaired) electrons. The van der Waals surface area contributed by atoms with Gasteiger partial charge in [0.05, 0.1) is 11.4 Å². The van der Waals surface area contributed by atoms with Crippen LogP contribution in [0.4, 0.5) is 20.2 Å². The van der Waals surface area contributed by atoms with Gasteiger partial charge in [-0.3, -0.25) is 4.72 Å². The highest BCUT2D eigenvalue weighted by Gasteiger charge is 2.22. The van der Waals surface area contributed by atoms with Gasteiger partial charge in [-0.25, -0.2) is 17.2 Å². The van der Waals surface area contributed by atoms with Gasteiger partial charge in [0, 0.05) is 5.02 Å². The zero-order valence-electron chi connectivity index (χ0n) is 10.8. The van der Waals surface area contributed by atoms with Crippen molar-refractivity contribution < 1.29 is 17.2 Å². The van der Waals surface area contributed by atoms with Crippen LogP contribution in [-0.4, -0.2) is 8.42 Å². The Balaban J connectivity index is 2.48. The van der Waals surface area contributed by atoms with Crippen LogP contribution in [0.5, 0.6) is 0 Å². The Hall–Kier alpha value is -1.86. The number of nitrogens with one attached hydrogen (secondary N) is 1. The van der Waals surface area contributed by atoms with E-state index in [9.17, 15) is 17.2 Å². The number of nitrogens with two attached hydrogens (primary N) is 1. The molecule has 0 fully saturated rings. The quantitative estimate of drug-likeness (QED) is 0.847. The highest BCUT2D eigenvalue weighted by Crippen LogP contribution is 2.27. The molecule has 0 bridgehead atoms. The Labute approximate surface area is 125 Å². The second kappa shape index (κ2) is 5.50. The fourth-order valence-electron chi connectivity index (χ4n) is 1.79. The number of hydrogen-bond donors (Lipinski definition) is 2. The molecule has 0 spiro atoms. The molecule has 2 rings (SSSR count). The maximum atomic E-state index is 13.9. The van der Waals surface area contributed by atoms with Crippen LogP contribution in [0.25, 0.3) is 0 Å². The Morgan fingerprint density at radius 3 is 2.43 bits per heavy atom. The number of halogens is 3. The predicted octanol–water partition coefficient (Wildman–Crippen LogP) is 3.31. The molecule has 0 aliphatic carbocycles. The molecule has 0 aliphatic heterocycles. The first-order valence-electron chi connectivity index (χ1n) is 5.73. The van der Waals surface area contributed by atoms with Gasteiger partial charge in [0.1, 0.15) is 10.7 Å². The SMILES string of the molecule is Cc1cc(F)cc(NS(=O)(=O)c2cc(Cl)cc(N)c2F)c1. The van der Waals surface area contributed by atoms with Crippen molar-refractivity contribution in [2.45, 2.75) is 11.8 Å². The number of rotatable bonds is 3. The van der Waals surface area contributed by atoms with Crippen LogP contribution in [0.1, 0.15) is 5.56 Å². The standard InChI is InChI=1S/C13H11ClF2N2O2S/c1-7-2-9(15)6-10(3-7)18-21(19,20)12-5-8(14)4-11(17)13(12)16/h2-6,18H,17H2,1H3. The molecular weight excluding hydrogens is 322 g/mol. The Kier molecular flexibility index (Phi) is 4.06. The fourth-order valence-corrected chi connectivity index (χ4v) is 3.25. The van der Waals surface area contributed by atoms with Gasteiger partial charge in [0.25, 0.3) is 10.0 Å². The third kappa shape index (κ3) is 3.43. The van der Waals surface area contributed by atoms with Crippen LogP contribution in [-0.2, 0) is 10.0 Å². The lowest BCUT2D eigenvalue weighted by Crippen LogP contribution is -2.15. The van der Waals surface area contributed by atoms with Crippen LogP contribution in [0.3, 0.4) is 0 Å². The Morgan fingerprint density at radius 1 is 1.14 bits per heavy atom. The molecular formula is C13H11ClF2N2O2S. The molecule has 0 amide bonds. The van der Waals surface area contributed by atoms with Crippen molar-refractivity contribution in [2.24, 2.45) is 0 Å². The number of hydrogen-bond acceptors (Lipinski definition) is 3. The first kappa shape index (κ1) is 15.5. The summed E-state index contributed by atoms with van der Waals surface area (Å²) >= 11 is 5.68. The van der Waals surface area contributed by atoms with Crippen LogP contribution in [0.15, 0.2) is 35.2 Å². The Bertz CT molecular complexity index is 790.